The maximum absolute atomic E-state index is 12.0. The molecule has 7 heteroatoms. The van der Waals surface area contributed by atoms with Crippen LogP contribution in [0.3, 0.4) is 0 Å². The molecule has 3 heterocycles. The zero-order valence-corrected chi connectivity index (χ0v) is 14.6. The number of carbonyl (C=O) groups excluding carboxylic acids is 1. The van der Waals surface area contributed by atoms with Gasteiger partial charge in [0, 0.05) is 31.8 Å². The normalized spacial score (nSPS) is 17.4. The van der Waals surface area contributed by atoms with Crippen LogP contribution in [0, 0.1) is 6.92 Å². The Balaban J connectivity index is 1.64. The Morgan fingerprint density at radius 2 is 2.20 bits per heavy atom. The topological polar surface area (TPSA) is 80.2 Å². The number of hydrogen-bond acceptors (Lipinski definition) is 6. The van der Waals surface area contributed by atoms with Gasteiger partial charge in [0.2, 0.25) is 5.91 Å². The zero-order valence-electron chi connectivity index (χ0n) is 14.6. The first-order chi connectivity index (χ1) is 12.2. The molecule has 1 aliphatic heterocycles. The number of methoxy groups -OCH3 is 1. The van der Waals surface area contributed by atoms with Gasteiger partial charge in [-0.05, 0) is 31.9 Å². The molecule has 0 radical (unpaired) electrons. The van der Waals surface area contributed by atoms with Crippen molar-refractivity contribution in [1.82, 2.24) is 19.9 Å². The van der Waals surface area contributed by atoms with Crippen molar-refractivity contribution in [3.05, 3.63) is 42.0 Å². The standard InChI is InChI=1S/C18H23N5O2/c1-13-5-3-7-16(21-13)22-17-10-19-15(9-20-17)14-6-4-8-23(11-14)18(24)12-25-2/h3,5,7,9-10,14H,4,6,8,11-12H2,1-2H3,(H,20,21,22)/t14-/m1/s1. The van der Waals surface area contributed by atoms with E-state index < -0.39 is 0 Å². The first-order valence-electron chi connectivity index (χ1n) is 8.45. The third kappa shape index (κ3) is 4.51. The first kappa shape index (κ1) is 17.3. The van der Waals surface area contributed by atoms with E-state index in [1.54, 1.807) is 19.5 Å². The van der Waals surface area contributed by atoms with Crippen LogP contribution in [0.1, 0.15) is 30.1 Å². The molecule has 0 aromatic carbocycles. The van der Waals surface area contributed by atoms with E-state index in [9.17, 15) is 4.79 Å². The molecule has 0 aliphatic carbocycles. The van der Waals surface area contributed by atoms with Crippen molar-refractivity contribution in [1.29, 1.82) is 0 Å². The minimum absolute atomic E-state index is 0.0315. The van der Waals surface area contributed by atoms with Gasteiger partial charge in [0.25, 0.3) is 0 Å². The van der Waals surface area contributed by atoms with Gasteiger partial charge in [0.15, 0.2) is 0 Å². The summed E-state index contributed by atoms with van der Waals surface area (Å²) in [6.45, 7) is 3.53. The number of nitrogens with one attached hydrogen (secondary N) is 1. The lowest BCUT2D eigenvalue weighted by Crippen LogP contribution is -2.41. The second-order valence-corrected chi connectivity index (χ2v) is 6.23. The maximum atomic E-state index is 12.0. The number of aryl methyl sites for hydroxylation is 1. The first-order valence-corrected chi connectivity index (χ1v) is 8.45. The minimum Gasteiger partial charge on any atom is -0.375 e. The highest BCUT2D eigenvalue weighted by Crippen LogP contribution is 2.25. The number of pyridine rings is 1. The van der Waals surface area contributed by atoms with Crippen LogP contribution in [0.2, 0.25) is 0 Å². The highest BCUT2D eigenvalue weighted by atomic mass is 16.5. The highest BCUT2D eigenvalue weighted by molar-refractivity contribution is 5.77. The summed E-state index contributed by atoms with van der Waals surface area (Å²) in [5, 5.41) is 3.15. The van der Waals surface area contributed by atoms with Crippen LogP contribution in [0.4, 0.5) is 11.6 Å². The number of amides is 1. The molecular formula is C18H23N5O2. The van der Waals surface area contributed by atoms with Gasteiger partial charge in [0.05, 0.1) is 18.1 Å². The van der Waals surface area contributed by atoms with Crippen LogP contribution in [0.25, 0.3) is 0 Å². The summed E-state index contributed by atoms with van der Waals surface area (Å²) in [6, 6.07) is 5.78. The molecule has 1 amide bonds. The Hall–Kier alpha value is -2.54. The number of ether oxygens (including phenoxy) is 1. The van der Waals surface area contributed by atoms with E-state index in [4.69, 9.17) is 4.74 Å². The van der Waals surface area contributed by atoms with Gasteiger partial charge in [-0.25, -0.2) is 9.97 Å². The lowest BCUT2D eigenvalue weighted by molar-refractivity contribution is -0.136. The Morgan fingerprint density at radius 1 is 1.32 bits per heavy atom. The molecule has 0 spiro atoms. The summed E-state index contributed by atoms with van der Waals surface area (Å²) < 4.78 is 4.95. The largest absolute Gasteiger partial charge is 0.375 e. The molecule has 3 rings (SSSR count). The van der Waals surface area contributed by atoms with Gasteiger partial charge in [-0.2, -0.15) is 0 Å². The van der Waals surface area contributed by atoms with Gasteiger partial charge < -0.3 is 15.0 Å². The quantitative estimate of drug-likeness (QED) is 0.899. The molecule has 1 saturated heterocycles. The fourth-order valence-corrected chi connectivity index (χ4v) is 3.02. The Kier molecular flexibility index (Phi) is 5.55. The van der Waals surface area contributed by atoms with E-state index in [2.05, 4.69) is 20.3 Å². The Bertz CT molecular complexity index is 720. The molecule has 0 saturated carbocycles. The van der Waals surface area contributed by atoms with Crippen LogP contribution in [-0.4, -0.2) is 52.6 Å². The Labute approximate surface area is 147 Å². The van der Waals surface area contributed by atoms with Crippen molar-refractivity contribution in [3.8, 4) is 0 Å². The molecule has 2 aromatic rings. The van der Waals surface area contributed by atoms with Gasteiger partial charge in [-0.3, -0.25) is 9.78 Å². The zero-order chi connectivity index (χ0) is 17.6. The molecule has 7 nitrogen and oxygen atoms in total. The van der Waals surface area contributed by atoms with Gasteiger partial charge >= 0.3 is 0 Å². The average Bonchev–Trinajstić information content (AvgIpc) is 2.63. The summed E-state index contributed by atoms with van der Waals surface area (Å²) >= 11 is 0. The molecule has 0 unspecified atom stereocenters. The smallest absolute Gasteiger partial charge is 0.248 e. The average molecular weight is 341 g/mol. The van der Waals surface area contributed by atoms with E-state index in [0.717, 1.165) is 36.6 Å². The molecule has 2 aromatic heterocycles. The number of piperidine rings is 1. The van der Waals surface area contributed by atoms with E-state index >= 15 is 0 Å². The lowest BCUT2D eigenvalue weighted by atomic mass is 9.95. The predicted octanol–water partition coefficient (Wildman–Crippen LogP) is 2.28. The number of carbonyl (C=O) groups is 1. The molecule has 1 aliphatic rings. The van der Waals surface area contributed by atoms with Crippen LogP contribution in [0.15, 0.2) is 30.6 Å². The number of likely N-dealkylation sites (tertiary alicyclic amines) is 1. The molecule has 25 heavy (non-hydrogen) atoms. The number of hydrogen-bond donors (Lipinski definition) is 1. The van der Waals surface area contributed by atoms with Gasteiger partial charge in [-0.15, -0.1) is 0 Å². The summed E-state index contributed by atoms with van der Waals surface area (Å²) in [7, 11) is 1.54. The van der Waals surface area contributed by atoms with Crippen LogP contribution in [0.5, 0.6) is 0 Å². The minimum atomic E-state index is 0.0315. The van der Waals surface area contributed by atoms with Crippen molar-refractivity contribution < 1.29 is 9.53 Å². The monoisotopic (exact) mass is 341 g/mol. The third-order valence-corrected chi connectivity index (χ3v) is 4.28. The van der Waals surface area contributed by atoms with E-state index in [0.29, 0.717) is 12.4 Å². The highest BCUT2D eigenvalue weighted by Gasteiger charge is 2.25. The second kappa shape index (κ2) is 8.02. The van der Waals surface area contributed by atoms with E-state index in [1.807, 2.05) is 30.0 Å². The summed E-state index contributed by atoms with van der Waals surface area (Å²) in [5.41, 5.74) is 1.86. The predicted molar refractivity (Wildman–Crippen MR) is 94.7 cm³/mol. The lowest BCUT2D eigenvalue weighted by Gasteiger charge is -2.32. The van der Waals surface area contributed by atoms with E-state index in [1.165, 1.54) is 0 Å². The molecular weight excluding hydrogens is 318 g/mol. The maximum Gasteiger partial charge on any atom is 0.248 e. The molecule has 1 atom stereocenters. The van der Waals surface area contributed by atoms with Crippen molar-refractivity contribution in [2.45, 2.75) is 25.7 Å². The Morgan fingerprint density at radius 3 is 2.92 bits per heavy atom. The molecule has 132 valence electrons. The number of anilines is 2. The van der Waals surface area contributed by atoms with Crippen molar-refractivity contribution >= 4 is 17.5 Å². The van der Waals surface area contributed by atoms with Crippen molar-refractivity contribution in [2.24, 2.45) is 0 Å². The molecule has 1 fully saturated rings. The number of nitrogens with zero attached hydrogens (tertiary/aromatic N) is 4. The number of aromatic nitrogens is 3. The van der Waals surface area contributed by atoms with Gasteiger partial charge in [0.1, 0.15) is 18.2 Å². The fourth-order valence-electron chi connectivity index (χ4n) is 3.02. The summed E-state index contributed by atoms with van der Waals surface area (Å²) in [6.07, 6.45) is 5.48. The van der Waals surface area contributed by atoms with Crippen LogP contribution >= 0.6 is 0 Å². The fraction of sp³-hybridized carbons (Fsp3) is 0.444. The van der Waals surface area contributed by atoms with Gasteiger partial charge in [-0.1, -0.05) is 6.07 Å². The number of rotatable bonds is 5. The van der Waals surface area contributed by atoms with Crippen molar-refractivity contribution in [2.75, 3.05) is 32.1 Å². The van der Waals surface area contributed by atoms with Crippen LogP contribution < -0.4 is 5.32 Å². The SMILES string of the molecule is COCC(=O)N1CCC[C@@H](c2cnc(Nc3cccc(C)n3)cn2)C1. The van der Waals surface area contributed by atoms with E-state index in [-0.39, 0.29) is 18.4 Å². The van der Waals surface area contributed by atoms with Crippen molar-refractivity contribution in [3.63, 3.8) is 0 Å². The van der Waals surface area contributed by atoms with Crippen LogP contribution in [-0.2, 0) is 9.53 Å². The molecule has 1 N–H and O–H groups in total. The summed E-state index contributed by atoms with van der Waals surface area (Å²) in [5.74, 6) is 1.65. The second-order valence-electron chi connectivity index (χ2n) is 6.23. The molecule has 0 bridgehead atoms. The summed E-state index contributed by atoms with van der Waals surface area (Å²) in [4.78, 5) is 27.2. The third-order valence-electron chi connectivity index (χ3n) is 4.28.